The van der Waals surface area contributed by atoms with Gasteiger partial charge in [0.1, 0.15) is 5.54 Å². The minimum atomic E-state index is -0.918. The third kappa shape index (κ3) is 2.40. The number of amides is 1. The standard InChI is InChI=1S/C15H21N3O4/c1-11-8-16-9-12(11)13(19)17-3-5-18(6-4-17)15(14(20)21)2-7-22-10-15/h8-9,16H,2-7,10H2,1H3,(H,20,21). The van der Waals surface area contributed by atoms with Gasteiger partial charge in [-0.05, 0) is 12.5 Å². The first-order chi connectivity index (χ1) is 10.5. The number of carboxylic acid groups (broad SMARTS) is 1. The van der Waals surface area contributed by atoms with E-state index in [1.165, 1.54) is 0 Å². The van der Waals surface area contributed by atoms with Crippen LogP contribution in [0.15, 0.2) is 12.4 Å². The lowest BCUT2D eigenvalue weighted by Gasteiger charge is -2.42. The maximum absolute atomic E-state index is 12.5. The number of carbonyl (C=O) groups is 2. The van der Waals surface area contributed by atoms with E-state index in [0.29, 0.717) is 44.8 Å². The zero-order valence-electron chi connectivity index (χ0n) is 12.7. The van der Waals surface area contributed by atoms with E-state index >= 15 is 0 Å². The predicted molar refractivity (Wildman–Crippen MR) is 78.8 cm³/mol. The Bertz CT molecular complexity index is 569. The van der Waals surface area contributed by atoms with Crippen LogP contribution in [-0.4, -0.2) is 76.7 Å². The number of aryl methyl sites for hydroxylation is 1. The molecule has 0 saturated carbocycles. The summed E-state index contributed by atoms with van der Waals surface area (Å²) < 4.78 is 5.32. The van der Waals surface area contributed by atoms with Crippen molar-refractivity contribution in [1.82, 2.24) is 14.8 Å². The van der Waals surface area contributed by atoms with Gasteiger partial charge >= 0.3 is 5.97 Å². The van der Waals surface area contributed by atoms with E-state index < -0.39 is 11.5 Å². The summed E-state index contributed by atoms with van der Waals surface area (Å²) in [6.07, 6.45) is 4.03. The number of carbonyl (C=O) groups excluding carboxylic acids is 1. The van der Waals surface area contributed by atoms with Crippen molar-refractivity contribution in [1.29, 1.82) is 0 Å². The highest BCUT2D eigenvalue weighted by Gasteiger charge is 2.48. The van der Waals surface area contributed by atoms with Gasteiger partial charge in [0.2, 0.25) is 0 Å². The largest absolute Gasteiger partial charge is 0.480 e. The highest BCUT2D eigenvalue weighted by Crippen LogP contribution is 2.28. The number of hydrogen-bond donors (Lipinski definition) is 2. The summed E-state index contributed by atoms with van der Waals surface area (Å²) in [6, 6.07) is 0. The van der Waals surface area contributed by atoms with E-state index in [0.717, 1.165) is 5.56 Å². The maximum atomic E-state index is 12.5. The van der Waals surface area contributed by atoms with Gasteiger partial charge in [-0.25, -0.2) is 0 Å². The third-order valence-corrected chi connectivity index (χ3v) is 4.75. The first kappa shape index (κ1) is 15.1. The van der Waals surface area contributed by atoms with Gasteiger partial charge in [-0.1, -0.05) is 0 Å². The Morgan fingerprint density at radius 1 is 1.27 bits per heavy atom. The first-order valence-corrected chi connectivity index (χ1v) is 7.53. The molecule has 0 radical (unpaired) electrons. The number of nitrogens with one attached hydrogen (secondary N) is 1. The van der Waals surface area contributed by atoms with Crippen molar-refractivity contribution in [3.05, 3.63) is 23.5 Å². The number of ether oxygens (including phenoxy) is 1. The van der Waals surface area contributed by atoms with Gasteiger partial charge < -0.3 is 19.7 Å². The molecule has 1 unspecified atom stereocenters. The Labute approximate surface area is 128 Å². The first-order valence-electron chi connectivity index (χ1n) is 7.53. The summed E-state index contributed by atoms with van der Waals surface area (Å²) in [7, 11) is 0. The molecule has 2 saturated heterocycles. The van der Waals surface area contributed by atoms with Crippen LogP contribution in [0.2, 0.25) is 0 Å². The Balaban J connectivity index is 1.66. The van der Waals surface area contributed by atoms with Crippen molar-refractivity contribution in [2.45, 2.75) is 18.9 Å². The van der Waals surface area contributed by atoms with Crippen molar-refractivity contribution in [2.75, 3.05) is 39.4 Å². The average Bonchev–Trinajstić information content (AvgIpc) is 3.16. The molecule has 2 aliphatic rings. The normalized spacial score (nSPS) is 26.3. The number of hydrogen-bond acceptors (Lipinski definition) is 4. The monoisotopic (exact) mass is 307 g/mol. The molecule has 2 aliphatic heterocycles. The molecule has 0 aromatic carbocycles. The van der Waals surface area contributed by atoms with Crippen molar-refractivity contribution in [3.8, 4) is 0 Å². The van der Waals surface area contributed by atoms with Crippen molar-refractivity contribution in [2.24, 2.45) is 0 Å². The van der Waals surface area contributed by atoms with E-state index in [1.807, 2.05) is 11.8 Å². The molecule has 0 bridgehead atoms. The molecule has 22 heavy (non-hydrogen) atoms. The molecule has 120 valence electrons. The predicted octanol–water partition coefficient (Wildman–Crippen LogP) is 0.325. The Hall–Kier alpha value is -1.86. The quantitative estimate of drug-likeness (QED) is 0.840. The van der Waals surface area contributed by atoms with E-state index in [1.54, 1.807) is 17.3 Å². The molecular formula is C15H21N3O4. The zero-order valence-corrected chi connectivity index (χ0v) is 12.7. The fraction of sp³-hybridized carbons (Fsp3) is 0.600. The summed E-state index contributed by atoms with van der Waals surface area (Å²) in [5.41, 5.74) is 0.698. The van der Waals surface area contributed by atoms with Gasteiger partial charge in [0.05, 0.1) is 12.2 Å². The smallest absolute Gasteiger partial charge is 0.326 e. The lowest BCUT2D eigenvalue weighted by molar-refractivity contribution is -0.152. The van der Waals surface area contributed by atoms with Gasteiger partial charge in [-0.15, -0.1) is 0 Å². The lowest BCUT2D eigenvalue weighted by atomic mass is 9.95. The molecule has 1 aromatic rings. The van der Waals surface area contributed by atoms with E-state index in [4.69, 9.17) is 4.74 Å². The average molecular weight is 307 g/mol. The summed E-state index contributed by atoms with van der Waals surface area (Å²) in [6.45, 7) is 4.81. The second-order valence-corrected chi connectivity index (χ2v) is 5.97. The minimum absolute atomic E-state index is 0.00504. The van der Waals surface area contributed by atoms with Crippen molar-refractivity contribution >= 4 is 11.9 Å². The number of aromatic nitrogens is 1. The van der Waals surface area contributed by atoms with Crippen LogP contribution < -0.4 is 0 Å². The van der Waals surface area contributed by atoms with Crippen LogP contribution in [0.1, 0.15) is 22.3 Å². The molecule has 7 heteroatoms. The second-order valence-electron chi connectivity index (χ2n) is 5.97. The maximum Gasteiger partial charge on any atom is 0.326 e. The van der Waals surface area contributed by atoms with Gasteiger partial charge in [0.25, 0.3) is 5.91 Å². The van der Waals surface area contributed by atoms with Crippen LogP contribution in [0.25, 0.3) is 0 Å². The Morgan fingerprint density at radius 3 is 2.50 bits per heavy atom. The topological polar surface area (TPSA) is 85.9 Å². The van der Waals surface area contributed by atoms with Gasteiger partial charge in [0, 0.05) is 51.6 Å². The van der Waals surface area contributed by atoms with Crippen LogP contribution >= 0.6 is 0 Å². The van der Waals surface area contributed by atoms with Crippen LogP contribution in [-0.2, 0) is 9.53 Å². The van der Waals surface area contributed by atoms with Crippen LogP contribution in [0.3, 0.4) is 0 Å². The van der Waals surface area contributed by atoms with Gasteiger partial charge in [-0.2, -0.15) is 0 Å². The SMILES string of the molecule is Cc1c[nH]cc1C(=O)N1CCN(C2(C(=O)O)CCOC2)CC1. The van der Waals surface area contributed by atoms with Gasteiger partial charge in [0.15, 0.2) is 0 Å². The molecule has 7 nitrogen and oxygen atoms in total. The van der Waals surface area contributed by atoms with E-state index in [-0.39, 0.29) is 12.5 Å². The van der Waals surface area contributed by atoms with Crippen LogP contribution in [0, 0.1) is 6.92 Å². The van der Waals surface area contributed by atoms with E-state index in [9.17, 15) is 14.7 Å². The molecule has 1 atom stereocenters. The van der Waals surface area contributed by atoms with Crippen molar-refractivity contribution in [3.63, 3.8) is 0 Å². The molecule has 3 rings (SSSR count). The zero-order chi connectivity index (χ0) is 15.7. The number of H-pyrrole nitrogens is 1. The molecule has 1 aromatic heterocycles. The summed E-state index contributed by atoms with van der Waals surface area (Å²) >= 11 is 0. The molecule has 2 N–H and O–H groups in total. The summed E-state index contributed by atoms with van der Waals surface area (Å²) in [5, 5.41) is 9.57. The second kappa shape index (κ2) is 5.73. The third-order valence-electron chi connectivity index (χ3n) is 4.75. The fourth-order valence-electron chi connectivity index (χ4n) is 3.29. The highest BCUT2D eigenvalue weighted by atomic mass is 16.5. The number of nitrogens with zero attached hydrogens (tertiary/aromatic N) is 2. The van der Waals surface area contributed by atoms with Crippen LogP contribution in [0.5, 0.6) is 0 Å². The molecule has 2 fully saturated rings. The summed E-state index contributed by atoms with van der Waals surface area (Å²) in [5.74, 6) is -0.822. The number of rotatable bonds is 3. The Morgan fingerprint density at radius 2 is 2.00 bits per heavy atom. The molecular weight excluding hydrogens is 286 g/mol. The fourth-order valence-corrected chi connectivity index (χ4v) is 3.29. The summed E-state index contributed by atoms with van der Waals surface area (Å²) in [4.78, 5) is 30.8. The number of piperazine rings is 1. The molecule has 0 aliphatic carbocycles. The molecule has 3 heterocycles. The molecule has 1 amide bonds. The highest BCUT2D eigenvalue weighted by molar-refractivity contribution is 5.95. The van der Waals surface area contributed by atoms with Crippen molar-refractivity contribution < 1.29 is 19.4 Å². The van der Waals surface area contributed by atoms with Crippen LogP contribution in [0.4, 0.5) is 0 Å². The number of carboxylic acids is 1. The number of aromatic amines is 1. The lowest BCUT2D eigenvalue weighted by Crippen LogP contribution is -2.61. The minimum Gasteiger partial charge on any atom is -0.480 e. The van der Waals surface area contributed by atoms with Gasteiger partial charge in [-0.3, -0.25) is 14.5 Å². The number of aliphatic carboxylic acids is 1. The molecule has 0 spiro atoms. The Kier molecular flexibility index (Phi) is 3.92. The van der Waals surface area contributed by atoms with E-state index in [2.05, 4.69) is 4.98 Å².